The normalized spacial score (nSPS) is 26.9. The molecule has 1 rings (SSSR count). The number of methoxy groups -OCH3 is 2. The fourth-order valence-corrected chi connectivity index (χ4v) is 1.74. The lowest BCUT2D eigenvalue weighted by Crippen LogP contribution is -2.16. The average molecular weight is 186 g/mol. The Morgan fingerprint density at radius 3 is 1.69 bits per heavy atom. The summed E-state index contributed by atoms with van der Waals surface area (Å²) >= 11 is 0. The molecule has 0 saturated heterocycles. The molecule has 1 aliphatic rings. The number of carbonyl (C=O) groups is 2. The zero-order chi connectivity index (χ0) is 9.84. The highest BCUT2D eigenvalue weighted by Gasteiger charge is 2.34. The lowest BCUT2D eigenvalue weighted by atomic mass is 10.1. The first-order valence-electron chi connectivity index (χ1n) is 4.34. The fourth-order valence-electron chi connectivity index (χ4n) is 1.74. The van der Waals surface area contributed by atoms with Gasteiger partial charge in [-0.05, 0) is 19.3 Å². The third kappa shape index (κ3) is 2.20. The van der Waals surface area contributed by atoms with Crippen molar-refractivity contribution in [2.24, 2.45) is 11.8 Å². The first-order valence-corrected chi connectivity index (χ1v) is 4.34. The Bertz CT molecular complexity index is 190. The lowest BCUT2D eigenvalue weighted by molar-refractivity contribution is -0.146. The van der Waals surface area contributed by atoms with Gasteiger partial charge in [0, 0.05) is 0 Å². The number of carbonyl (C=O) groups excluding carboxylic acids is 2. The molecular weight excluding hydrogens is 172 g/mol. The van der Waals surface area contributed by atoms with E-state index in [0.29, 0.717) is 6.42 Å². The van der Waals surface area contributed by atoms with Crippen molar-refractivity contribution in [1.29, 1.82) is 0 Å². The largest absolute Gasteiger partial charge is 0.469 e. The van der Waals surface area contributed by atoms with Gasteiger partial charge in [-0.3, -0.25) is 9.59 Å². The molecule has 1 aliphatic carbocycles. The molecule has 4 heteroatoms. The highest BCUT2D eigenvalue weighted by Crippen LogP contribution is 2.32. The van der Waals surface area contributed by atoms with Gasteiger partial charge in [-0.25, -0.2) is 0 Å². The van der Waals surface area contributed by atoms with Crippen LogP contribution in [0, 0.1) is 11.8 Å². The standard InChI is InChI=1S/C9H14O4/c1-12-8(10)6-3-4-7(5-6)9(11)13-2/h6-7H,3-5H2,1-2H3/t6-,7?/m0/s1. The van der Waals surface area contributed by atoms with Crippen LogP contribution >= 0.6 is 0 Å². The molecule has 0 aromatic heterocycles. The van der Waals surface area contributed by atoms with Crippen LogP contribution in [0.25, 0.3) is 0 Å². The average Bonchev–Trinajstić information content (AvgIpc) is 2.64. The van der Waals surface area contributed by atoms with E-state index in [1.54, 1.807) is 0 Å². The van der Waals surface area contributed by atoms with Gasteiger partial charge < -0.3 is 9.47 Å². The predicted molar refractivity (Wildman–Crippen MR) is 44.9 cm³/mol. The molecule has 0 amide bonds. The Morgan fingerprint density at radius 1 is 1.00 bits per heavy atom. The molecule has 0 aromatic rings. The minimum absolute atomic E-state index is 0.117. The Labute approximate surface area is 77.2 Å². The molecule has 1 saturated carbocycles. The van der Waals surface area contributed by atoms with Crippen molar-refractivity contribution in [1.82, 2.24) is 0 Å². The van der Waals surface area contributed by atoms with Crippen LogP contribution in [0.1, 0.15) is 19.3 Å². The molecule has 0 heterocycles. The maximum atomic E-state index is 11.1. The summed E-state index contributed by atoms with van der Waals surface area (Å²) in [4.78, 5) is 22.2. The van der Waals surface area contributed by atoms with E-state index in [-0.39, 0.29) is 23.8 Å². The molecular formula is C9H14O4. The second-order valence-electron chi connectivity index (χ2n) is 3.25. The summed E-state index contributed by atoms with van der Waals surface area (Å²) in [5, 5.41) is 0. The second kappa shape index (κ2) is 4.25. The predicted octanol–water partition coefficient (Wildman–Crippen LogP) is 0.749. The summed E-state index contributed by atoms with van der Waals surface area (Å²) in [7, 11) is 2.74. The highest BCUT2D eigenvalue weighted by molar-refractivity contribution is 5.77. The Kier molecular flexibility index (Phi) is 3.28. The number of esters is 2. The molecule has 13 heavy (non-hydrogen) atoms. The fraction of sp³-hybridized carbons (Fsp3) is 0.778. The highest BCUT2D eigenvalue weighted by atomic mass is 16.5. The zero-order valence-electron chi connectivity index (χ0n) is 7.91. The molecule has 0 aliphatic heterocycles. The van der Waals surface area contributed by atoms with Gasteiger partial charge in [-0.15, -0.1) is 0 Å². The Morgan fingerprint density at radius 2 is 1.38 bits per heavy atom. The van der Waals surface area contributed by atoms with Crippen molar-refractivity contribution < 1.29 is 19.1 Å². The van der Waals surface area contributed by atoms with E-state index in [4.69, 9.17) is 0 Å². The van der Waals surface area contributed by atoms with Crippen LogP contribution < -0.4 is 0 Å². The van der Waals surface area contributed by atoms with E-state index in [0.717, 1.165) is 12.8 Å². The molecule has 2 atom stereocenters. The molecule has 0 spiro atoms. The van der Waals surface area contributed by atoms with Gasteiger partial charge >= 0.3 is 11.9 Å². The molecule has 0 bridgehead atoms. The van der Waals surface area contributed by atoms with Gasteiger partial charge in [0.25, 0.3) is 0 Å². The van der Waals surface area contributed by atoms with Crippen molar-refractivity contribution in [3.05, 3.63) is 0 Å². The zero-order valence-corrected chi connectivity index (χ0v) is 7.91. The van der Waals surface area contributed by atoms with Gasteiger partial charge in [0.15, 0.2) is 0 Å². The smallest absolute Gasteiger partial charge is 0.308 e. The minimum Gasteiger partial charge on any atom is -0.469 e. The van der Waals surface area contributed by atoms with Crippen LogP contribution in [-0.4, -0.2) is 26.2 Å². The first-order chi connectivity index (χ1) is 6.19. The van der Waals surface area contributed by atoms with Crippen molar-refractivity contribution in [3.8, 4) is 0 Å². The Hall–Kier alpha value is -1.06. The van der Waals surface area contributed by atoms with E-state index < -0.39 is 0 Å². The molecule has 4 nitrogen and oxygen atoms in total. The van der Waals surface area contributed by atoms with Crippen molar-refractivity contribution in [2.75, 3.05) is 14.2 Å². The monoisotopic (exact) mass is 186 g/mol. The van der Waals surface area contributed by atoms with Crippen LogP contribution in [0.5, 0.6) is 0 Å². The van der Waals surface area contributed by atoms with Crippen LogP contribution in [0.3, 0.4) is 0 Å². The van der Waals surface area contributed by atoms with Crippen molar-refractivity contribution in [2.45, 2.75) is 19.3 Å². The Balaban J connectivity index is 2.44. The van der Waals surface area contributed by atoms with E-state index in [1.807, 2.05) is 0 Å². The minimum atomic E-state index is -0.216. The van der Waals surface area contributed by atoms with Gasteiger partial charge in [0.05, 0.1) is 26.1 Å². The summed E-state index contributed by atoms with van der Waals surface area (Å²) < 4.78 is 9.21. The maximum absolute atomic E-state index is 11.1. The van der Waals surface area contributed by atoms with Crippen LogP contribution in [0.4, 0.5) is 0 Å². The van der Waals surface area contributed by atoms with Crippen molar-refractivity contribution >= 4 is 11.9 Å². The summed E-state index contributed by atoms with van der Waals surface area (Å²) in [6, 6.07) is 0. The molecule has 0 N–H and O–H groups in total. The summed E-state index contributed by atoms with van der Waals surface area (Å²) in [5.41, 5.74) is 0. The SMILES string of the molecule is COC(=O)C1CC[C@H](C(=O)OC)C1. The van der Waals surface area contributed by atoms with Crippen LogP contribution in [0.2, 0.25) is 0 Å². The molecule has 1 fully saturated rings. The van der Waals surface area contributed by atoms with Gasteiger partial charge in [-0.2, -0.15) is 0 Å². The maximum Gasteiger partial charge on any atom is 0.308 e. The summed E-state index contributed by atoms with van der Waals surface area (Å²) in [5.74, 6) is -0.666. The van der Waals surface area contributed by atoms with Gasteiger partial charge in [0.2, 0.25) is 0 Å². The lowest BCUT2D eigenvalue weighted by Gasteiger charge is -2.07. The third-order valence-electron chi connectivity index (χ3n) is 2.50. The van der Waals surface area contributed by atoms with Gasteiger partial charge in [0.1, 0.15) is 0 Å². The molecule has 1 unspecified atom stereocenters. The molecule has 0 aromatic carbocycles. The van der Waals surface area contributed by atoms with Crippen LogP contribution in [0.15, 0.2) is 0 Å². The topological polar surface area (TPSA) is 52.6 Å². The molecule has 74 valence electrons. The number of hydrogen-bond acceptors (Lipinski definition) is 4. The first kappa shape index (κ1) is 10.0. The second-order valence-corrected chi connectivity index (χ2v) is 3.25. The van der Waals surface area contributed by atoms with Crippen LogP contribution in [-0.2, 0) is 19.1 Å². The third-order valence-corrected chi connectivity index (χ3v) is 2.50. The van der Waals surface area contributed by atoms with E-state index >= 15 is 0 Å². The molecule has 0 radical (unpaired) electrons. The summed E-state index contributed by atoms with van der Waals surface area (Å²) in [6.07, 6.45) is 2.03. The number of hydrogen-bond donors (Lipinski definition) is 0. The number of ether oxygens (including phenoxy) is 2. The summed E-state index contributed by atoms with van der Waals surface area (Å²) in [6.45, 7) is 0. The van der Waals surface area contributed by atoms with E-state index in [1.165, 1.54) is 14.2 Å². The quantitative estimate of drug-likeness (QED) is 0.597. The number of rotatable bonds is 2. The van der Waals surface area contributed by atoms with Crippen molar-refractivity contribution in [3.63, 3.8) is 0 Å². The van der Waals surface area contributed by atoms with E-state index in [9.17, 15) is 9.59 Å². The van der Waals surface area contributed by atoms with Gasteiger partial charge in [-0.1, -0.05) is 0 Å². The van der Waals surface area contributed by atoms with E-state index in [2.05, 4.69) is 9.47 Å².